The maximum absolute atomic E-state index is 14.5. The van der Waals surface area contributed by atoms with Crippen molar-refractivity contribution in [1.29, 1.82) is 0 Å². The Bertz CT molecular complexity index is 497. The first-order chi connectivity index (χ1) is 10.3. The highest BCUT2D eigenvalue weighted by Crippen LogP contribution is 2.37. The number of ether oxygens (including phenoxy) is 1. The first-order valence-corrected chi connectivity index (χ1v) is 8.52. The van der Waals surface area contributed by atoms with Crippen molar-refractivity contribution < 1.29 is 13.5 Å². The minimum atomic E-state index is -0.574. The van der Waals surface area contributed by atoms with Gasteiger partial charge in [-0.05, 0) is 55.6 Å². The Morgan fingerprint density at radius 3 is 2.05 bits per heavy atom. The van der Waals surface area contributed by atoms with E-state index in [0.717, 1.165) is 38.5 Å². The summed E-state index contributed by atoms with van der Waals surface area (Å²) in [6, 6.07) is 2.91. The Labute approximate surface area is 133 Å². The van der Waals surface area contributed by atoms with Crippen molar-refractivity contribution in [3.63, 3.8) is 0 Å². The Balaban J connectivity index is 2.31. The molecule has 0 heterocycles. The van der Waals surface area contributed by atoms with Crippen LogP contribution in [-0.2, 0) is 5.31 Å². The van der Waals surface area contributed by atoms with Crippen LogP contribution in [0.3, 0.4) is 0 Å². The molecular weight excluding hydrogens is 281 g/mol. The van der Waals surface area contributed by atoms with Gasteiger partial charge in [0.05, 0.1) is 0 Å². The third kappa shape index (κ3) is 3.47. The van der Waals surface area contributed by atoms with Crippen LogP contribution in [0.5, 0.6) is 5.75 Å². The van der Waals surface area contributed by atoms with Crippen molar-refractivity contribution in [2.24, 2.45) is 0 Å². The van der Waals surface area contributed by atoms with E-state index in [1.807, 2.05) is 28.6 Å². The van der Waals surface area contributed by atoms with Gasteiger partial charge in [0.25, 0.3) is 0 Å². The van der Waals surface area contributed by atoms with E-state index in [9.17, 15) is 8.78 Å². The van der Waals surface area contributed by atoms with Gasteiger partial charge in [-0.1, -0.05) is 33.1 Å². The molecule has 0 N–H and O–H groups in total. The van der Waals surface area contributed by atoms with E-state index in [0.29, 0.717) is 5.56 Å². The number of rotatable bonds is 5. The number of hydrogen-bond acceptors (Lipinski definition) is 1. The van der Waals surface area contributed by atoms with Gasteiger partial charge in [-0.2, -0.15) is 0 Å². The highest BCUT2D eigenvalue weighted by Gasteiger charge is 2.32. The van der Waals surface area contributed by atoms with Gasteiger partial charge >= 0.3 is 0 Å². The maximum atomic E-state index is 14.5. The van der Waals surface area contributed by atoms with E-state index in [4.69, 9.17) is 4.74 Å². The molecule has 0 amide bonds. The summed E-state index contributed by atoms with van der Waals surface area (Å²) in [4.78, 5) is 0. The summed E-state index contributed by atoms with van der Waals surface area (Å²) >= 11 is 0. The Morgan fingerprint density at radius 1 is 1.09 bits per heavy atom. The fraction of sp³-hybridized carbons (Fsp3) is 0.667. The SMILES string of the molecule is BC(CC)(CC)c1cc(F)c(OC2(C)CCCCC2)c(F)c1. The van der Waals surface area contributed by atoms with E-state index in [1.165, 1.54) is 18.6 Å². The molecule has 0 aliphatic heterocycles. The van der Waals surface area contributed by atoms with Crippen LogP contribution < -0.4 is 4.74 Å². The molecule has 2 rings (SSSR count). The molecule has 1 aliphatic carbocycles. The van der Waals surface area contributed by atoms with Crippen LogP contribution in [0.2, 0.25) is 0 Å². The lowest BCUT2D eigenvalue weighted by molar-refractivity contribution is 0.0405. The summed E-state index contributed by atoms with van der Waals surface area (Å²) < 4.78 is 34.7. The molecule has 122 valence electrons. The van der Waals surface area contributed by atoms with Gasteiger partial charge < -0.3 is 4.74 Å². The standard InChI is InChI=1S/C18H27BF2O/c1-4-18(19,5-2)13-11-14(20)16(15(21)12-13)22-17(3)9-7-6-8-10-17/h11-12H,4-10,19H2,1-3H3. The quantitative estimate of drug-likeness (QED) is 0.716. The van der Waals surface area contributed by atoms with Crippen molar-refractivity contribution in [2.45, 2.75) is 76.6 Å². The van der Waals surface area contributed by atoms with Crippen LogP contribution in [0.25, 0.3) is 0 Å². The lowest BCUT2D eigenvalue weighted by atomic mass is 9.61. The highest BCUT2D eigenvalue weighted by molar-refractivity contribution is 6.15. The van der Waals surface area contributed by atoms with Crippen molar-refractivity contribution in [3.05, 3.63) is 29.3 Å². The summed E-state index contributed by atoms with van der Waals surface area (Å²) in [6.07, 6.45) is 6.70. The lowest BCUT2D eigenvalue weighted by Gasteiger charge is -2.35. The van der Waals surface area contributed by atoms with E-state index in [1.54, 1.807) is 0 Å². The van der Waals surface area contributed by atoms with Crippen LogP contribution in [-0.4, -0.2) is 13.4 Å². The van der Waals surface area contributed by atoms with Gasteiger partial charge in [0.2, 0.25) is 0 Å². The lowest BCUT2D eigenvalue weighted by Crippen LogP contribution is -2.35. The van der Waals surface area contributed by atoms with Gasteiger partial charge in [0.15, 0.2) is 17.4 Å². The molecule has 0 bridgehead atoms. The van der Waals surface area contributed by atoms with Gasteiger partial charge in [0.1, 0.15) is 13.4 Å². The number of benzene rings is 1. The molecule has 0 saturated heterocycles. The third-order valence-electron chi connectivity index (χ3n) is 5.52. The minimum Gasteiger partial charge on any atom is -0.481 e. The summed E-state index contributed by atoms with van der Waals surface area (Å²) in [5, 5.41) is -0.199. The largest absolute Gasteiger partial charge is 0.481 e. The van der Waals surface area contributed by atoms with Crippen molar-refractivity contribution >= 4 is 7.85 Å². The molecule has 1 aromatic rings. The van der Waals surface area contributed by atoms with Crippen LogP contribution in [0.15, 0.2) is 12.1 Å². The third-order valence-corrected chi connectivity index (χ3v) is 5.52. The van der Waals surface area contributed by atoms with E-state index < -0.39 is 17.2 Å². The van der Waals surface area contributed by atoms with E-state index in [2.05, 4.69) is 0 Å². The summed E-state index contributed by atoms with van der Waals surface area (Å²) in [5.41, 5.74) is 0.272. The predicted octanol–water partition coefficient (Wildman–Crippen LogP) is 4.71. The zero-order valence-corrected chi connectivity index (χ0v) is 14.3. The van der Waals surface area contributed by atoms with Crippen molar-refractivity contribution in [3.8, 4) is 5.75 Å². The second-order valence-electron chi connectivity index (χ2n) is 7.15. The van der Waals surface area contributed by atoms with Crippen LogP contribution in [0.4, 0.5) is 8.78 Å². The molecule has 1 fully saturated rings. The normalized spacial score (nSPS) is 18.2. The Morgan fingerprint density at radius 2 is 1.59 bits per heavy atom. The molecule has 0 atom stereocenters. The fourth-order valence-corrected chi connectivity index (χ4v) is 3.31. The van der Waals surface area contributed by atoms with Gasteiger partial charge in [-0.3, -0.25) is 0 Å². The molecular formula is C18H27BF2O. The molecule has 1 saturated carbocycles. The smallest absolute Gasteiger partial charge is 0.191 e. The van der Waals surface area contributed by atoms with Gasteiger partial charge in [0, 0.05) is 0 Å². The van der Waals surface area contributed by atoms with Crippen molar-refractivity contribution in [1.82, 2.24) is 0 Å². The molecule has 0 radical (unpaired) electrons. The van der Waals surface area contributed by atoms with Crippen molar-refractivity contribution in [2.75, 3.05) is 0 Å². The second-order valence-corrected chi connectivity index (χ2v) is 7.15. The second kappa shape index (κ2) is 6.60. The first-order valence-electron chi connectivity index (χ1n) is 8.52. The number of hydrogen-bond donors (Lipinski definition) is 0. The Kier molecular flexibility index (Phi) is 5.19. The van der Waals surface area contributed by atoms with Crippen LogP contribution >= 0.6 is 0 Å². The summed E-state index contributed by atoms with van der Waals surface area (Å²) in [7, 11) is 2.05. The minimum absolute atomic E-state index is 0.199. The molecule has 22 heavy (non-hydrogen) atoms. The molecule has 0 spiro atoms. The summed E-state index contributed by atoms with van der Waals surface area (Å²) in [5.74, 6) is -1.35. The topological polar surface area (TPSA) is 9.23 Å². The average molecular weight is 308 g/mol. The molecule has 0 unspecified atom stereocenters. The molecule has 4 heteroatoms. The van der Waals surface area contributed by atoms with Gasteiger partial charge in [-0.15, -0.1) is 0 Å². The predicted molar refractivity (Wildman–Crippen MR) is 89.3 cm³/mol. The van der Waals surface area contributed by atoms with E-state index >= 15 is 0 Å². The molecule has 1 aliphatic rings. The first kappa shape index (κ1) is 17.3. The molecule has 1 nitrogen and oxygen atoms in total. The monoisotopic (exact) mass is 308 g/mol. The van der Waals surface area contributed by atoms with Gasteiger partial charge in [-0.25, -0.2) is 8.78 Å². The van der Waals surface area contributed by atoms with Crippen LogP contribution in [0, 0.1) is 11.6 Å². The maximum Gasteiger partial charge on any atom is 0.191 e. The molecule has 0 aromatic heterocycles. The molecule has 1 aromatic carbocycles. The zero-order valence-electron chi connectivity index (χ0n) is 14.3. The van der Waals surface area contributed by atoms with Crippen LogP contribution in [0.1, 0.15) is 71.3 Å². The summed E-state index contributed by atoms with van der Waals surface area (Å²) in [6.45, 7) is 6.06. The zero-order chi connectivity index (χ0) is 16.4. The highest BCUT2D eigenvalue weighted by atomic mass is 19.1. The fourth-order valence-electron chi connectivity index (χ4n) is 3.31. The van der Waals surface area contributed by atoms with E-state index in [-0.39, 0.29) is 11.1 Å². The average Bonchev–Trinajstić information content (AvgIpc) is 2.50. The Hall–Kier alpha value is -1.06. The number of halogens is 2.